The number of nitrogens with zero attached hydrogens (tertiary/aromatic N) is 2. The van der Waals surface area contributed by atoms with Gasteiger partial charge in [0.05, 0.1) is 6.04 Å². The molecule has 0 aliphatic heterocycles. The topological polar surface area (TPSA) is 51.8 Å². The molecule has 0 amide bonds. The zero-order chi connectivity index (χ0) is 15.3. The minimum atomic E-state index is -0.000330. The van der Waals surface area contributed by atoms with E-state index in [0.29, 0.717) is 0 Å². The van der Waals surface area contributed by atoms with E-state index < -0.39 is 0 Å². The van der Waals surface area contributed by atoms with E-state index in [9.17, 15) is 0 Å². The van der Waals surface area contributed by atoms with E-state index in [1.165, 1.54) is 64.2 Å². The summed E-state index contributed by atoms with van der Waals surface area (Å²) in [7, 11) is 0. The minimum absolute atomic E-state index is 0.000330. The SMILES string of the molecule is CCCCCCCCCCCCC(N)c1ncc(C)cn1. The average Bonchev–Trinajstić information content (AvgIpc) is 2.49. The normalized spacial score (nSPS) is 12.5. The van der Waals surface area contributed by atoms with Gasteiger partial charge in [-0.05, 0) is 18.9 Å². The Labute approximate surface area is 130 Å². The number of hydrogen-bond acceptors (Lipinski definition) is 3. The first-order valence-corrected chi connectivity index (χ1v) is 8.78. The Morgan fingerprint density at radius 1 is 0.857 bits per heavy atom. The average molecular weight is 291 g/mol. The van der Waals surface area contributed by atoms with Crippen molar-refractivity contribution in [1.29, 1.82) is 0 Å². The third-order valence-corrected chi connectivity index (χ3v) is 4.00. The van der Waals surface area contributed by atoms with Gasteiger partial charge in [-0.2, -0.15) is 0 Å². The van der Waals surface area contributed by atoms with Gasteiger partial charge in [0, 0.05) is 12.4 Å². The quantitative estimate of drug-likeness (QED) is 0.545. The Morgan fingerprint density at radius 3 is 1.86 bits per heavy atom. The van der Waals surface area contributed by atoms with Crippen molar-refractivity contribution in [2.75, 3.05) is 0 Å². The number of aromatic nitrogens is 2. The molecule has 0 aliphatic carbocycles. The molecule has 1 aromatic rings. The lowest BCUT2D eigenvalue weighted by atomic mass is 10.0. The van der Waals surface area contributed by atoms with Crippen LogP contribution in [0.15, 0.2) is 12.4 Å². The van der Waals surface area contributed by atoms with Gasteiger partial charge in [0.2, 0.25) is 0 Å². The molecule has 0 bridgehead atoms. The van der Waals surface area contributed by atoms with Crippen molar-refractivity contribution in [1.82, 2.24) is 9.97 Å². The van der Waals surface area contributed by atoms with Gasteiger partial charge in [0.25, 0.3) is 0 Å². The second-order valence-corrected chi connectivity index (χ2v) is 6.20. The number of nitrogens with two attached hydrogens (primary N) is 1. The van der Waals surface area contributed by atoms with Crippen LogP contribution in [0.5, 0.6) is 0 Å². The summed E-state index contributed by atoms with van der Waals surface area (Å²) in [6.45, 7) is 4.27. The van der Waals surface area contributed by atoms with Crippen LogP contribution in [-0.4, -0.2) is 9.97 Å². The van der Waals surface area contributed by atoms with Gasteiger partial charge in [0.15, 0.2) is 0 Å². The molecule has 0 saturated carbocycles. The second-order valence-electron chi connectivity index (χ2n) is 6.20. The molecule has 120 valence electrons. The predicted molar refractivity (Wildman–Crippen MR) is 90.2 cm³/mol. The summed E-state index contributed by atoms with van der Waals surface area (Å²) in [6.07, 6.45) is 18.3. The van der Waals surface area contributed by atoms with E-state index >= 15 is 0 Å². The van der Waals surface area contributed by atoms with Crippen molar-refractivity contribution in [3.63, 3.8) is 0 Å². The number of hydrogen-bond donors (Lipinski definition) is 1. The maximum Gasteiger partial charge on any atom is 0.144 e. The van der Waals surface area contributed by atoms with E-state index in [1.54, 1.807) is 0 Å². The Bertz CT molecular complexity index is 348. The molecule has 0 aliphatic rings. The van der Waals surface area contributed by atoms with Gasteiger partial charge in [0.1, 0.15) is 5.82 Å². The highest BCUT2D eigenvalue weighted by atomic mass is 14.9. The van der Waals surface area contributed by atoms with Gasteiger partial charge < -0.3 is 5.73 Å². The molecular formula is C18H33N3. The predicted octanol–water partition coefficient (Wildman–Crippen LogP) is 5.10. The Balaban J connectivity index is 1.95. The van der Waals surface area contributed by atoms with E-state index in [1.807, 2.05) is 19.3 Å². The third kappa shape index (κ3) is 8.82. The van der Waals surface area contributed by atoms with Gasteiger partial charge >= 0.3 is 0 Å². The van der Waals surface area contributed by atoms with Crippen molar-refractivity contribution < 1.29 is 0 Å². The lowest BCUT2D eigenvalue weighted by molar-refractivity contribution is 0.520. The summed E-state index contributed by atoms with van der Waals surface area (Å²) in [5.41, 5.74) is 7.22. The van der Waals surface area contributed by atoms with E-state index in [4.69, 9.17) is 5.73 Å². The molecule has 0 aromatic carbocycles. The largest absolute Gasteiger partial charge is 0.321 e. The Morgan fingerprint density at radius 2 is 1.33 bits per heavy atom. The molecule has 3 heteroatoms. The van der Waals surface area contributed by atoms with Crippen LogP contribution in [0.1, 0.15) is 95.0 Å². The fourth-order valence-electron chi connectivity index (χ4n) is 2.57. The summed E-state index contributed by atoms with van der Waals surface area (Å²) in [5.74, 6) is 0.788. The molecule has 0 saturated heterocycles. The highest BCUT2D eigenvalue weighted by Gasteiger charge is 2.08. The summed E-state index contributed by atoms with van der Waals surface area (Å²) in [4.78, 5) is 8.61. The smallest absolute Gasteiger partial charge is 0.144 e. The first-order valence-electron chi connectivity index (χ1n) is 8.78. The number of unbranched alkanes of at least 4 members (excludes halogenated alkanes) is 9. The van der Waals surface area contributed by atoms with Gasteiger partial charge in [-0.1, -0.05) is 71.1 Å². The molecule has 1 aromatic heterocycles. The molecule has 0 spiro atoms. The highest BCUT2D eigenvalue weighted by Crippen LogP contribution is 2.15. The van der Waals surface area contributed by atoms with Crippen LogP contribution in [0.25, 0.3) is 0 Å². The highest BCUT2D eigenvalue weighted by molar-refractivity contribution is 5.04. The van der Waals surface area contributed by atoms with Crippen LogP contribution < -0.4 is 5.73 Å². The molecule has 1 rings (SSSR count). The summed E-state index contributed by atoms with van der Waals surface area (Å²) >= 11 is 0. The fourth-order valence-corrected chi connectivity index (χ4v) is 2.57. The standard InChI is InChI=1S/C18H33N3/c1-3-4-5-6-7-8-9-10-11-12-13-17(19)18-20-14-16(2)15-21-18/h14-15,17H,3-13,19H2,1-2H3. The van der Waals surface area contributed by atoms with E-state index in [0.717, 1.165) is 17.8 Å². The molecule has 1 atom stereocenters. The first-order chi connectivity index (χ1) is 10.2. The van der Waals surface area contributed by atoms with Gasteiger partial charge in [-0.15, -0.1) is 0 Å². The maximum absolute atomic E-state index is 6.13. The van der Waals surface area contributed by atoms with Gasteiger partial charge in [-0.3, -0.25) is 0 Å². The lowest BCUT2D eigenvalue weighted by Gasteiger charge is -2.10. The van der Waals surface area contributed by atoms with Crippen LogP contribution in [0.3, 0.4) is 0 Å². The fraction of sp³-hybridized carbons (Fsp3) is 0.778. The summed E-state index contributed by atoms with van der Waals surface area (Å²) < 4.78 is 0. The maximum atomic E-state index is 6.13. The molecule has 0 fully saturated rings. The van der Waals surface area contributed by atoms with Crippen molar-refractivity contribution in [3.8, 4) is 0 Å². The van der Waals surface area contributed by atoms with Crippen LogP contribution in [0.4, 0.5) is 0 Å². The molecule has 2 N–H and O–H groups in total. The molecule has 1 heterocycles. The van der Waals surface area contributed by atoms with E-state index in [-0.39, 0.29) is 6.04 Å². The van der Waals surface area contributed by atoms with Crippen LogP contribution in [0.2, 0.25) is 0 Å². The summed E-state index contributed by atoms with van der Waals surface area (Å²) in [5, 5.41) is 0. The van der Waals surface area contributed by atoms with Crippen molar-refractivity contribution in [2.45, 2.75) is 90.5 Å². The number of aryl methyl sites for hydroxylation is 1. The van der Waals surface area contributed by atoms with E-state index in [2.05, 4.69) is 16.9 Å². The third-order valence-electron chi connectivity index (χ3n) is 4.00. The molecule has 0 radical (unpaired) electrons. The van der Waals surface area contributed by atoms with Crippen molar-refractivity contribution >= 4 is 0 Å². The van der Waals surface area contributed by atoms with Crippen molar-refractivity contribution in [2.24, 2.45) is 5.73 Å². The zero-order valence-corrected chi connectivity index (χ0v) is 14.0. The lowest BCUT2D eigenvalue weighted by Crippen LogP contribution is -2.13. The monoisotopic (exact) mass is 291 g/mol. The van der Waals surface area contributed by atoms with Gasteiger partial charge in [-0.25, -0.2) is 9.97 Å². The molecule has 3 nitrogen and oxygen atoms in total. The zero-order valence-electron chi connectivity index (χ0n) is 14.0. The Hall–Kier alpha value is -0.960. The molecular weight excluding hydrogens is 258 g/mol. The van der Waals surface area contributed by atoms with Crippen molar-refractivity contribution in [3.05, 3.63) is 23.8 Å². The molecule has 21 heavy (non-hydrogen) atoms. The Kier molecular flexibility index (Phi) is 10.1. The minimum Gasteiger partial charge on any atom is -0.321 e. The molecule has 1 unspecified atom stereocenters. The number of rotatable bonds is 12. The summed E-state index contributed by atoms with van der Waals surface area (Å²) in [6, 6.07) is -0.000330. The van der Waals surface area contributed by atoms with Crippen LogP contribution in [-0.2, 0) is 0 Å². The second kappa shape index (κ2) is 11.7. The van der Waals surface area contributed by atoms with Crippen LogP contribution in [0, 0.1) is 6.92 Å². The first kappa shape index (κ1) is 18.1. The van der Waals surface area contributed by atoms with Crippen LogP contribution >= 0.6 is 0 Å².